The van der Waals surface area contributed by atoms with Crippen molar-refractivity contribution in [3.8, 4) is 0 Å². The molecule has 0 saturated carbocycles. The van der Waals surface area contributed by atoms with E-state index < -0.39 is 10.0 Å². The van der Waals surface area contributed by atoms with Gasteiger partial charge in [0.05, 0.1) is 5.02 Å². The molecule has 2 aromatic carbocycles. The van der Waals surface area contributed by atoms with Gasteiger partial charge >= 0.3 is 0 Å². The minimum Gasteiger partial charge on any atom is -0.337 e. The Bertz CT molecular complexity index is 1010. The van der Waals surface area contributed by atoms with Crippen LogP contribution in [-0.2, 0) is 16.6 Å². The highest BCUT2D eigenvalue weighted by Crippen LogP contribution is 2.25. The number of benzene rings is 2. The van der Waals surface area contributed by atoms with Crippen LogP contribution in [0.2, 0.25) is 10.0 Å². The molecule has 0 atom stereocenters. The van der Waals surface area contributed by atoms with Crippen LogP contribution in [0.1, 0.15) is 22.3 Å². The molecule has 162 valence electrons. The van der Waals surface area contributed by atoms with E-state index in [2.05, 4.69) is 4.90 Å². The van der Waals surface area contributed by atoms with Gasteiger partial charge in [0.2, 0.25) is 10.0 Å². The summed E-state index contributed by atoms with van der Waals surface area (Å²) in [5.41, 5.74) is 1.50. The van der Waals surface area contributed by atoms with Gasteiger partial charge in [-0.05, 0) is 42.3 Å². The van der Waals surface area contributed by atoms with Crippen LogP contribution < -0.4 is 0 Å². The summed E-state index contributed by atoms with van der Waals surface area (Å²) in [6.45, 7) is 3.61. The van der Waals surface area contributed by atoms with E-state index in [1.54, 1.807) is 11.0 Å². The zero-order chi connectivity index (χ0) is 21.9. The molecule has 1 fully saturated rings. The first kappa shape index (κ1) is 23.0. The SMILES string of the molecule is CN(C)S(=O)(=O)c1cc(C(=O)N2CCCN(Cc3ccc(Cl)cc3)CC2)ccc1Cl. The lowest BCUT2D eigenvalue weighted by Gasteiger charge is -2.22. The van der Waals surface area contributed by atoms with E-state index >= 15 is 0 Å². The van der Waals surface area contributed by atoms with Crippen molar-refractivity contribution in [2.24, 2.45) is 0 Å². The molecule has 2 aromatic rings. The van der Waals surface area contributed by atoms with Crippen molar-refractivity contribution in [1.29, 1.82) is 0 Å². The van der Waals surface area contributed by atoms with Crippen molar-refractivity contribution in [2.75, 3.05) is 40.3 Å². The van der Waals surface area contributed by atoms with Crippen molar-refractivity contribution in [3.63, 3.8) is 0 Å². The first-order chi connectivity index (χ1) is 14.2. The van der Waals surface area contributed by atoms with E-state index in [1.165, 1.54) is 31.8 Å². The fraction of sp³-hybridized carbons (Fsp3) is 0.381. The Balaban J connectivity index is 1.71. The van der Waals surface area contributed by atoms with Gasteiger partial charge in [-0.15, -0.1) is 0 Å². The molecule has 3 rings (SSSR count). The van der Waals surface area contributed by atoms with Crippen molar-refractivity contribution < 1.29 is 13.2 Å². The molecule has 0 radical (unpaired) electrons. The lowest BCUT2D eigenvalue weighted by atomic mass is 10.2. The van der Waals surface area contributed by atoms with E-state index in [1.807, 2.05) is 24.3 Å². The Labute approximate surface area is 188 Å². The van der Waals surface area contributed by atoms with Gasteiger partial charge < -0.3 is 4.90 Å². The van der Waals surface area contributed by atoms with E-state index in [0.29, 0.717) is 23.7 Å². The molecule has 1 aliphatic heterocycles. The maximum absolute atomic E-state index is 13.1. The van der Waals surface area contributed by atoms with Gasteiger partial charge in [-0.1, -0.05) is 35.3 Å². The van der Waals surface area contributed by atoms with Gasteiger partial charge in [-0.25, -0.2) is 12.7 Å². The highest BCUT2D eigenvalue weighted by molar-refractivity contribution is 7.89. The van der Waals surface area contributed by atoms with Gasteiger partial charge in [-0.3, -0.25) is 9.69 Å². The predicted octanol–water partition coefficient (Wildman–Crippen LogP) is 3.59. The van der Waals surface area contributed by atoms with Crippen LogP contribution in [0, 0.1) is 0 Å². The summed E-state index contributed by atoms with van der Waals surface area (Å²) in [7, 11) is -0.865. The molecule has 0 aliphatic carbocycles. The number of carbonyl (C=O) groups is 1. The molecule has 0 bridgehead atoms. The second kappa shape index (κ2) is 9.66. The van der Waals surface area contributed by atoms with Crippen LogP contribution in [0.4, 0.5) is 0 Å². The Hall–Kier alpha value is -1.64. The molecule has 9 heteroatoms. The molecule has 1 amide bonds. The standard InChI is InChI=1S/C21H25Cl2N3O3S/c1-24(2)30(28,29)20-14-17(6-9-19(20)23)21(27)26-11-3-10-25(12-13-26)15-16-4-7-18(22)8-5-16/h4-9,14H,3,10-13,15H2,1-2H3. The van der Waals surface area contributed by atoms with Crippen LogP contribution in [0.5, 0.6) is 0 Å². The topological polar surface area (TPSA) is 60.9 Å². The van der Waals surface area contributed by atoms with E-state index in [0.717, 1.165) is 30.4 Å². The Morgan fingerprint density at radius 2 is 1.70 bits per heavy atom. The second-order valence-electron chi connectivity index (χ2n) is 7.48. The van der Waals surface area contributed by atoms with Gasteiger partial charge in [0, 0.05) is 57.4 Å². The summed E-state index contributed by atoms with van der Waals surface area (Å²) in [5.74, 6) is -0.185. The Morgan fingerprint density at radius 3 is 2.37 bits per heavy atom. The average Bonchev–Trinajstić information content (AvgIpc) is 2.95. The molecule has 0 spiro atoms. The van der Waals surface area contributed by atoms with Crippen molar-refractivity contribution in [1.82, 2.24) is 14.1 Å². The second-order valence-corrected chi connectivity index (χ2v) is 10.4. The molecule has 1 heterocycles. The zero-order valence-electron chi connectivity index (χ0n) is 17.0. The third kappa shape index (κ3) is 5.34. The minimum atomic E-state index is -3.73. The number of hydrogen-bond donors (Lipinski definition) is 0. The van der Waals surface area contributed by atoms with Gasteiger partial charge in [0.15, 0.2) is 0 Å². The summed E-state index contributed by atoms with van der Waals surface area (Å²) in [6.07, 6.45) is 0.843. The van der Waals surface area contributed by atoms with Crippen LogP contribution >= 0.6 is 23.2 Å². The molecule has 0 unspecified atom stereocenters. The van der Waals surface area contributed by atoms with Gasteiger partial charge in [-0.2, -0.15) is 0 Å². The highest BCUT2D eigenvalue weighted by Gasteiger charge is 2.25. The van der Waals surface area contributed by atoms with E-state index in [4.69, 9.17) is 23.2 Å². The molecule has 6 nitrogen and oxygen atoms in total. The smallest absolute Gasteiger partial charge is 0.253 e. The number of rotatable bonds is 5. The third-order valence-electron chi connectivity index (χ3n) is 5.13. The molecule has 0 aromatic heterocycles. The quantitative estimate of drug-likeness (QED) is 0.670. The fourth-order valence-electron chi connectivity index (χ4n) is 3.39. The van der Waals surface area contributed by atoms with E-state index in [9.17, 15) is 13.2 Å². The summed E-state index contributed by atoms with van der Waals surface area (Å²) in [4.78, 5) is 17.1. The average molecular weight is 470 g/mol. The minimum absolute atomic E-state index is 0.0563. The molecular weight excluding hydrogens is 445 g/mol. The largest absolute Gasteiger partial charge is 0.337 e. The summed E-state index contributed by atoms with van der Waals surface area (Å²) in [5, 5.41) is 0.815. The summed E-state index contributed by atoms with van der Waals surface area (Å²) < 4.78 is 26.1. The lowest BCUT2D eigenvalue weighted by molar-refractivity contribution is 0.0761. The van der Waals surface area contributed by atoms with Crippen LogP contribution in [0.3, 0.4) is 0 Å². The third-order valence-corrected chi connectivity index (χ3v) is 7.68. The van der Waals surface area contributed by atoms with Crippen LogP contribution in [0.15, 0.2) is 47.4 Å². The van der Waals surface area contributed by atoms with Crippen molar-refractivity contribution in [2.45, 2.75) is 17.9 Å². The van der Waals surface area contributed by atoms with Crippen LogP contribution in [0.25, 0.3) is 0 Å². The molecular formula is C21H25Cl2N3O3S. The predicted molar refractivity (Wildman–Crippen MR) is 120 cm³/mol. The van der Waals surface area contributed by atoms with Crippen molar-refractivity contribution in [3.05, 3.63) is 63.6 Å². The molecule has 1 saturated heterocycles. The fourth-order valence-corrected chi connectivity index (χ4v) is 4.91. The number of hydrogen-bond acceptors (Lipinski definition) is 4. The maximum atomic E-state index is 13.1. The highest BCUT2D eigenvalue weighted by atomic mass is 35.5. The first-order valence-corrected chi connectivity index (χ1v) is 11.9. The Morgan fingerprint density at radius 1 is 1.00 bits per heavy atom. The number of halogens is 2. The number of sulfonamides is 1. The van der Waals surface area contributed by atoms with Gasteiger partial charge in [0.1, 0.15) is 4.90 Å². The monoisotopic (exact) mass is 469 g/mol. The lowest BCUT2D eigenvalue weighted by Crippen LogP contribution is -2.35. The summed E-state index contributed by atoms with van der Waals surface area (Å²) in [6, 6.07) is 12.2. The summed E-state index contributed by atoms with van der Waals surface area (Å²) >= 11 is 12.1. The normalized spacial score (nSPS) is 16.0. The van der Waals surface area contributed by atoms with Crippen molar-refractivity contribution >= 4 is 39.1 Å². The van der Waals surface area contributed by atoms with Gasteiger partial charge in [0.25, 0.3) is 5.91 Å². The number of amides is 1. The number of carbonyl (C=O) groups excluding carboxylic acids is 1. The molecule has 0 N–H and O–H groups in total. The molecule has 1 aliphatic rings. The van der Waals surface area contributed by atoms with E-state index in [-0.39, 0.29) is 15.8 Å². The molecule has 30 heavy (non-hydrogen) atoms. The Kier molecular flexibility index (Phi) is 7.42. The zero-order valence-corrected chi connectivity index (χ0v) is 19.3. The maximum Gasteiger partial charge on any atom is 0.253 e. The van der Waals surface area contributed by atoms with Crippen LogP contribution in [-0.4, -0.2) is 68.7 Å². The number of nitrogens with zero attached hydrogens (tertiary/aromatic N) is 3. The first-order valence-electron chi connectivity index (χ1n) is 9.66.